The molecule has 1 aromatic rings. The van der Waals surface area contributed by atoms with E-state index in [0.29, 0.717) is 19.2 Å². The summed E-state index contributed by atoms with van der Waals surface area (Å²) >= 11 is 0. The van der Waals surface area contributed by atoms with Crippen LogP contribution in [-0.2, 0) is 0 Å². The van der Waals surface area contributed by atoms with Gasteiger partial charge in [-0.1, -0.05) is 18.6 Å². The second-order valence-electron chi connectivity index (χ2n) is 6.00. The second kappa shape index (κ2) is 7.09. The highest BCUT2D eigenvalue weighted by molar-refractivity contribution is 5.38. The summed E-state index contributed by atoms with van der Waals surface area (Å²) in [7, 11) is 0. The summed E-state index contributed by atoms with van der Waals surface area (Å²) in [5.41, 5.74) is 2.38. The number of hydrogen-bond donors (Lipinski definition) is 1. The molecule has 1 aromatic carbocycles. The van der Waals surface area contributed by atoms with Gasteiger partial charge in [0.1, 0.15) is 18.5 Å². The molecule has 1 aliphatic rings. The van der Waals surface area contributed by atoms with Gasteiger partial charge >= 0.3 is 0 Å². The van der Waals surface area contributed by atoms with Gasteiger partial charge in [0.05, 0.1) is 0 Å². The Kier molecular flexibility index (Phi) is 5.44. The highest BCUT2D eigenvalue weighted by Crippen LogP contribution is 2.21. The number of ether oxygens (including phenoxy) is 1. The Morgan fingerprint density at radius 2 is 2.15 bits per heavy atom. The van der Waals surface area contributed by atoms with Gasteiger partial charge in [-0.2, -0.15) is 0 Å². The van der Waals surface area contributed by atoms with Gasteiger partial charge in [0.25, 0.3) is 0 Å². The fourth-order valence-corrected chi connectivity index (χ4v) is 2.82. The first kappa shape index (κ1) is 15.3. The zero-order chi connectivity index (χ0) is 14.5. The fraction of sp³-hybridized carbons (Fsp3) is 0.647. The summed E-state index contributed by atoms with van der Waals surface area (Å²) in [6, 6.07) is 6.63. The predicted molar refractivity (Wildman–Crippen MR) is 82.3 cm³/mol. The van der Waals surface area contributed by atoms with Gasteiger partial charge in [0.2, 0.25) is 0 Å². The van der Waals surface area contributed by atoms with Crippen LogP contribution in [0, 0.1) is 13.8 Å². The lowest BCUT2D eigenvalue weighted by atomic mass is 10.0. The van der Waals surface area contributed by atoms with Crippen molar-refractivity contribution in [1.82, 2.24) is 4.90 Å². The van der Waals surface area contributed by atoms with Crippen LogP contribution >= 0.6 is 0 Å². The van der Waals surface area contributed by atoms with Crippen LogP contribution in [0.1, 0.15) is 37.3 Å². The molecule has 1 fully saturated rings. The molecule has 2 atom stereocenters. The van der Waals surface area contributed by atoms with Gasteiger partial charge in [-0.05, 0) is 57.4 Å². The molecule has 0 saturated carbocycles. The molecule has 0 spiro atoms. The molecule has 0 amide bonds. The number of β-amino-alcohol motifs (C(OH)–C–C–N with tert-alkyl or cyclic N) is 1. The lowest BCUT2D eigenvalue weighted by Gasteiger charge is -2.34. The van der Waals surface area contributed by atoms with E-state index in [4.69, 9.17) is 4.74 Å². The average Bonchev–Trinajstić information content (AvgIpc) is 2.43. The molecule has 1 aliphatic heterocycles. The number of hydrogen-bond acceptors (Lipinski definition) is 3. The van der Waals surface area contributed by atoms with Gasteiger partial charge < -0.3 is 9.84 Å². The van der Waals surface area contributed by atoms with Crippen LogP contribution < -0.4 is 4.74 Å². The number of piperidine rings is 1. The van der Waals surface area contributed by atoms with Crippen molar-refractivity contribution in [2.24, 2.45) is 0 Å². The van der Waals surface area contributed by atoms with E-state index < -0.39 is 6.10 Å². The molecular formula is C17H27NO2. The largest absolute Gasteiger partial charge is 0.491 e. The van der Waals surface area contributed by atoms with Crippen LogP contribution in [0.2, 0.25) is 0 Å². The van der Waals surface area contributed by atoms with Gasteiger partial charge in [-0.25, -0.2) is 0 Å². The molecule has 1 N–H and O–H groups in total. The average molecular weight is 277 g/mol. The molecule has 3 heteroatoms. The minimum absolute atomic E-state index is 0.369. The Labute approximate surface area is 122 Å². The van der Waals surface area contributed by atoms with Crippen LogP contribution in [0.3, 0.4) is 0 Å². The number of aliphatic hydroxyl groups is 1. The maximum Gasteiger partial charge on any atom is 0.122 e. The quantitative estimate of drug-likeness (QED) is 0.898. The maximum absolute atomic E-state index is 10.2. The molecule has 3 nitrogen and oxygen atoms in total. The first-order chi connectivity index (χ1) is 9.58. The minimum atomic E-state index is -0.421. The number of nitrogens with zero attached hydrogens (tertiary/aromatic N) is 1. The lowest BCUT2D eigenvalue weighted by molar-refractivity contribution is 0.0436. The predicted octanol–water partition coefficient (Wildman–Crippen LogP) is 2.92. The summed E-state index contributed by atoms with van der Waals surface area (Å²) in [5.74, 6) is 0.885. The first-order valence-corrected chi connectivity index (χ1v) is 7.69. The molecule has 1 heterocycles. The molecule has 2 rings (SSSR count). The molecule has 0 aromatic heterocycles. The standard InChI is InChI=1S/C17H27NO2/c1-13-7-6-9-17(15(13)3)20-12-16(19)11-18-10-5-4-8-14(18)2/h6-7,9,14,16,19H,4-5,8,10-12H2,1-3H3. The van der Waals surface area contributed by atoms with Crippen molar-refractivity contribution >= 4 is 0 Å². The lowest BCUT2D eigenvalue weighted by Crippen LogP contribution is -2.43. The van der Waals surface area contributed by atoms with E-state index in [-0.39, 0.29) is 0 Å². The second-order valence-corrected chi connectivity index (χ2v) is 6.00. The van der Waals surface area contributed by atoms with Crippen LogP contribution in [0.5, 0.6) is 5.75 Å². The van der Waals surface area contributed by atoms with Crippen LogP contribution in [0.25, 0.3) is 0 Å². The molecule has 112 valence electrons. The van der Waals surface area contributed by atoms with Gasteiger partial charge in [-0.15, -0.1) is 0 Å². The van der Waals surface area contributed by atoms with Gasteiger partial charge in [0, 0.05) is 12.6 Å². The third kappa shape index (κ3) is 3.97. The van der Waals surface area contributed by atoms with E-state index in [2.05, 4.69) is 31.7 Å². The Morgan fingerprint density at radius 3 is 2.90 bits per heavy atom. The van der Waals surface area contributed by atoms with Crippen molar-refractivity contribution in [3.05, 3.63) is 29.3 Å². The Bertz CT molecular complexity index is 433. The van der Waals surface area contributed by atoms with E-state index in [9.17, 15) is 5.11 Å². The van der Waals surface area contributed by atoms with E-state index in [1.807, 2.05) is 12.1 Å². The van der Waals surface area contributed by atoms with Crippen molar-refractivity contribution in [3.8, 4) is 5.75 Å². The van der Waals surface area contributed by atoms with E-state index in [1.54, 1.807) is 0 Å². The number of rotatable bonds is 5. The smallest absolute Gasteiger partial charge is 0.122 e. The number of aliphatic hydroxyl groups excluding tert-OH is 1. The summed E-state index contributed by atoms with van der Waals surface area (Å²) in [6.45, 7) is 8.57. The topological polar surface area (TPSA) is 32.7 Å². The third-order valence-corrected chi connectivity index (χ3v) is 4.37. The molecular weight excluding hydrogens is 250 g/mol. The van der Waals surface area contributed by atoms with Crippen molar-refractivity contribution in [2.45, 2.75) is 52.2 Å². The molecule has 0 radical (unpaired) electrons. The Morgan fingerprint density at radius 1 is 1.35 bits per heavy atom. The number of benzene rings is 1. The number of likely N-dealkylation sites (tertiary alicyclic amines) is 1. The van der Waals surface area contributed by atoms with Crippen molar-refractivity contribution < 1.29 is 9.84 Å². The highest BCUT2D eigenvalue weighted by atomic mass is 16.5. The summed E-state index contributed by atoms with van der Waals surface area (Å²) in [4.78, 5) is 2.38. The van der Waals surface area contributed by atoms with Crippen molar-refractivity contribution in [1.29, 1.82) is 0 Å². The van der Waals surface area contributed by atoms with E-state index >= 15 is 0 Å². The summed E-state index contributed by atoms with van der Waals surface area (Å²) in [5, 5.41) is 10.2. The van der Waals surface area contributed by atoms with Gasteiger partial charge in [-0.3, -0.25) is 4.90 Å². The zero-order valence-corrected chi connectivity index (χ0v) is 12.9. The van der Waals surface area contributed by atoms with E-state index in [0.717, 1.165) is 17.9 Å². The van der Waals surface area contributed by atoms with Crippen LogP contribution in [-0.4, -0.2) is 41.8 Å². The third-order valence-electron chi connectivity index (χ3n) is 4.37. The molecule has 0 aliphatic carbocycles. The Hall–Kier alpha value is -1.06. The number of aryl methyl sites for hydroxylation is 1. The Balaban J connectivity index is 1.82. The van der Waals surface area contributed by atoms with Crippen LogP contribution in [0.15, 0.2) is 18.2 Å². The fourth-order valence-electron chi connectivity index (χ4n) is 2.82. The zero-order valence-electron chi connectivity index (χ0n) is 12.9. The van der Waals surface area contributed by atoms with Crippen LogP contribution in [0.4, 0.5) is 0 Å². The summed E-state index contributed by atoms with van der Waals surface area (Å²) in [6.07, 6.45) is 3.38. The first-order valence-electron chi connectivity index (χ1n) is 7.69. The van der Waals surface area contributed by atoms with Gasteiger partial charge in [0.15, 0.2) is 0 Å². The SMILES string of the molecule is Cc1cccc(OCC(O)CN2CCCCC2C)c1C. The van der Waals surface area contributed by atoms with Crippen molar-refractivity contribution in [2.75, 3.05) is 19.7 Å². The molecule has 2 unspecified atom stereocenters. The maximum atomic E-state index is 10.2. The summed E-state index contributed by atoms with van der Waals surface area (Å²) < 4.78 is 5.78. The molecule has 1 saturated heterocycles. The highest BCUT2D eigenvalue weighted by Gasteiger charge is 2.21. The molecule has 0 bridgehead atoms. The molecule has 20 heavy (non-hydrogen) atoms. The van der Waals surface area contributed by atoms with E-state index in [1.165, 1.54) is 24.8 Å². The minimum Gasteiger partial charge on any atom is -0.491 e. The van der Waals surface area contributed by atoms with Crippen molar-refractivity contribution in [3.63, 3.8) is 0 Å². The monoisotopic (exact) mass is 277 g/mol. The normalized spacial score (nSPS) is 21.7.